The highest BCUT2D eigenvalue weighted by molar-refractivity contribution is 9.11. The number of aliphatic hydroxyl groups is 1. The number of fused-ring (bicyclic) bond motifs is 3. The molecule has 2 N–H and O–H groups in total. The number of nitrogens with one attached hydrogen (secondary N) is 1. The van der Waals surface area contributed by atoms with E-state index in [4.69, 9.17) is 9.47 Å². The molecule has 0 saturated carbocycles. The first-order chi connectivity index (χ1) is 24.3. The molecule has 14 heteroatoms. The summed E-state index contributed by atoms with van der Waals surface area (Å²) < 4.78 is 15.0. The Labute approximate surface area is 297 Å². The minimum Gasteiger partial charge on any atom is -0.455 e. The van der Waals surface area contributed by atoms with E-state index in [0.717, 1.165) is 5.52 Å². The van der Waals surface area contributed by atoms with Crippen LogP contribution in [-0.2, 0) is 35.3 Å². The first kappa shape index (κ1) is 34.1. The number of esters is 1. The van der Waals surface area contributed by atoms with Crippen LogP contribution >= 0.6 is 15.9 Å². The fourth-order valence-electron chi connectivity index (χ4n) is 7.59. The molecule has 1 aromatic heterocycles. The first-order valence-electron chi connectivity index (χ1n) is 17.0. The lowest BCUT2D eigenvalue weighted by molar-refractivity contribution is -0.160. The minimum atomic E-state index is -1.44. The number of amides is 3. The lowest BCUT2D eigenvalue weighted by atomic mass is 9.74. The molecule has 0 unspecified atom stereocenters. The largest absolute Gasteiger partial charge is 0.455 e. The number of halogens is 1. The van der Waals surface area contributed by atoms with Crippen LogP contribution in [0.1, 0.15) is 43.8 Å². The highest BCUT2D eigenvalue weighted by Crippen LogP contribution is 2.59. The zero-order valence-corrected chi connectivity index (χ0v) is 29.0. The maximum Gasteiger partial charge on any atom is 0.313 e. The predicted octanol–water partition coefficient (Wildman–Crippen LogP) is 3.00. The fraction of sp³-hybridized carbons (Fsp3) is 0.444. The van der Waals surface area contributed by atoms with Gasteiger partial charge in [-0.1, -0.05) is 75.8 Å². The van der Waals surface area contributed by atoms with E-state index >= 15 is 0 Å². The number of unbranched alkanes of at least 4 members (excludes halogenated alkanes) is 2. The fourth-order valence-corrected chi connectivity index (χ4v) is 8.33. The third-order valence-corrected chi connectivity index (χ3v) is 10.7. The summed E-state index contributed by atoms with van der Waals surface area (Å²) in [4.78, 5) is 59.8. The number of carbonyl (C=O) groups is 4. The summed E-state index contributed by atoms with van der Waals surface area (Å²) in [6.07, 6.45) is 6.19. The van der Waals surface area contributed by atoms with Gasteiger partial charge in [-0.15, -0.1) is 5.10 Å². The molecule has 3 aromatic rings. The Hall–Kier alpha value is -4.40. The minimum absolute atomic E-state index is 0.0201. The Bertz CT molecular complexity index is 1830. The van der Waals surface area contributed by atoms with Crippen LogP contribution in [0.5, 0.6) is 0 Å². The Kier molecular flexibility index (Phi) is 9.84. The Balaban J connectivity index is 1.29. The molecule has 5 bridgehead atoms. The molecule has 4 aliphatic rings. The van der Waals surface area contributed by atoms with Crippen molar-refractivity contribution in [3.8, 4) is 0 Å². The molecule has 2 saturated heterocycles. The Morgan fingerprint density at radius 2 is 1.78 bits per heavy atom. The molecule has 2 fully saturated rings. The number of carbonyl (C=O) groups excluding carboxylic acids is 4. The van der Waals surface area contributed by atoms with Crippen LogP contribution in [0, 0.1) is 11.8 Å². The third-order valence-electron chi connectivity index (χ3n) is 9.97. The van der Waals surface area contributed by atoms with Gasteiger partial charge in [-0.05, 0) is 49.5 Å². The average molecular weight is 748 g/mol. The van der Waals surface area contributed by atoms with Gasteiger partial charge in [-0.3, -0.25) is 19.2 Å². The molecule has 4 aliphatic heterocycles. The van der Waals surface area contributed by atoms with Gasteiger partial charge in [0.2, 0.25) is 11.8 Å². The van der Waals surface area contributed by atoms with Gasteiger partial charge in [0, 0.05) is 30.6 Å². The zero-order chi connectivity index (χ0) is 34.8. The van der Waals surface area contributed by atoms with E-state index in [0.29, 0.717) is 41.2 Å². The lowest BCUT2D eigenvalue weighted by Gasteiger charge is -2.35. The molecular formula is C36H39BrN6O7. The van der Waals surface area contributed by atoms with Gasteiger partial charge in [-0.25, -0.2) is 4.68 Å². The molecule has 13 nitrogen and oxygen atoms in total. The summed E-state index contributed by atoms with van der Waals surface area (Å²) in [5.41, 5.74) is 0.668. The topological polar surface area (TPSA) is 156 Å². The van der Waals surface area contributed by atoms with Crippen molar-refractivity contribution in [2.24, 2.45) is 11.8 Å². The van der Waals surface area contributed by atoms with Gasteiger partial charge in [0.05, 0.1) is 18.0 Å². The van der Waals surface area contributed by atoms with Crippen molar-refractivity contribution in [3.63, 3.8) is 0 Å². The molecule has 2 aromatic carbocycles. The number of hydrogen-bond acceptors (Lipinski definition) is 9. The van der Waals surface area contributed by atoms with Crippen molar-refractivity contribution in [2.75, 3.05) is 26.2 Å². The number of likely N-dealkylation sites (tertiary alicyclic amines) is 1. The number of rotatable bonds is 8. The van der Waals surface area contributed by atoms with Crippen LogP contribution in [0.2, 0.25) is 0 Å². The van der Waals surface area contributed by atoms with Crippen molar-refractivity contribution in [1.29, 1.82) is 0 Å². The van der Waals surface area contributed by atoms with Gasteiger partial charge >= 0.3 is 5.97 Å². The Morgan fingerprint density at radius 3 is 2.60 bits per heavy atom. The number of aliphatic hydroxyl groups excluding tert-OH is 1. The number of benzene rings is 2. The molecule has 6 atom stereocenters. The van der Waals surface area contributed by atoms with Crippen molar-refractivity contribution >= 4 is 50.7 Å². The van der Waals surface area contributed by atoms with Crippen LogP contribution in [-0.4, -0.2) is 97.6 Å². The molecule has 50 heavy (non-hydrogen) atoms. The maximum absolute atomic E-state index is 15.0. The average Bonchev–Trinajstić information content (AvgIpc) is 3.84. The van der Waals surface area contributed by atoms with Crippen LogP contribution < -0.4 is 5.32 Å². The molecule has 262 valence electrons. The van der Waals surface area contributed by atoms with Crippen LogP contribution in [0.15, 0.2) is 77.3 Å². The second-order valence-electron chi connectivity index (χ2n) is 13.1. The van der Waals surface area contributed by atoms with Crippen LogP contribution in [0.3, 0.4) is 0 Å². The smallest absolute Gasteiger partial charge is 0.313 e. The van der Waals surface area contributed by atoms with Crippen molar-refractivity contribution < 1.29 is 33.8 Å². The SMILES string of the molecule is O=C1CC/C=C\CN(Cn2nnc3ccccc32)C(=O)[C@H]2N(CCCCCO)C(=O)[C@@H]3[C@@H](C(=O)O[C@@H](c4ccccc4)CN1)[C@@H]1O[C@@]32C=C1Br. The first-order valence-corrected chi connectivity index (χ1v) is 17.8. The van der Waals surface area contributed by atoms with Gasteiger partial charge in [-0.2, -0.15) is 0 Å². The van der Waals surface area contributed by atoms with E-state index in [1.165, 1.54) is 0 Å². The number of para-hydroxylation sites is 1. The number of aromatic nitrogens is 3. The molecular weight excluding hydrogens is 708 g/mol. The van der Waals surface area contributed by atoms with Crippen molar-refractivity contribution in [2.45, 2.75) is 62.6 Å². The van der Waals surface area contributed by atoms with E-state index in [9.17, 15) is 24.3 Å². The van der Waals surface area contributed by atoms with E-state index in [1.807, 2.05) is 66.7 Å². The summed E-state index contributed by atoms with van der Waals surface area (Å²) in [6, 6.07) is 15.5. The lowest BCUT2D eigenvalue weighted by Crippen LogP contribution is -2.56. The second-order valence-corrected chi connectivity index (χ2v) is 14.0. The summed E-state index contributed by atoms with van der Waals surface area (Å²) in [7, 11) is 0. The van der Waals surface area contributed by atoms with E-state index in [2.05, 4.69) is 31.6 Å². The number of nitrogens with zero attached hydrogens (tertiary/aromatic N) is 5. The molecule has 0 radical (unpaired) electrons. The molecule has 3 amide bonds. The number of ether oxygens (including phenoxy) is 2. The predicted molar refractivity (Wildman–Crippen MR) is 184 cm³/mol. The summed E-state index contributed by atoms with van der Waals surface area (Å²) in [6.45, 7) is 0.505. The van der Waals surface area contributed by atoms with Crippen LogP contribution in [0.25, 0.3) is 11.0 Å². The normalized spacial score (nSPS) is 29.2. The second kappa shape index (κ2) is 14.4. The van der Waals surface area contributed by atoms with Gasteiger partial charge in [0.1, 0.15) is 42.0 Å². The highest BCUT2D eigenvalue weighted by Gasteiger charge is 2.74. The molecule has 5 heterocycles. The van der Waals surface area contributed by atoms with E-state index in [1.54, 1.807) is 20.6 Å². The standard InChI is InChI=1S/C36H39BrN6O7/c37-24-20-36-30-29(31(24)50-36)35(48)49-27(23-12-4-1-5-13-23)21-38-28(45)16-6-2-9-17-41(22-43-26-15-8-7-14-25(26)39-40-43)34(47)32(36)42(33(30)46)18-10-3-11-19-44/h1-2,4-5,7-9,12-15,20,27,29-32,44H,3,6,10-11,16-19,21-22H2,(H,38,45)/b9-2-/t27-,29-,30+,31-,32-,36+/m1/s1. The zero-order valence-electron chi connectivity index (χ0n) is 27.4. The van der Waals surface area contributed by atoms with E-state index in [-0.39, 0.29) is 57.1 Å². The number of cyclic esters (lactones) is 1. The number of allylic oxidation sites excluding steroid dienone is 1. The third kappa shape index (κ3) is 6.24. The van der Waals surface area contributed by atoms with Crippen molar-refractivity contribution in [3.05, 3.63) is 82.9 Å². The summed E-state index contributed by atoms with van der Waals surface area (Å²) in [5, 5.41) is 20.9. The number of hydrogen-bond donors (Lipinski definition) is 2. The van der Waals surface area contributed by atoms with Gasteiger partial charge in [0.25, 0.3) is 5.91 Å². The van der Waals surface area contributed by atoms with Crippen LogP contribution in [0.4, 0.5) is 0 Å². The Morgan fingerprint density at radius 1 is 0.980 bits per heavy atom. The molecule has 1 spiro atoms. The van der Waals surface area contributed by atoms with Gasteiger partial charge in [0.15, 0.2) is 0 Å². The van der Waals surface area contributed by atoms with Gasteiger partial charge < -0.3 is 29.7 Å². The molecule has 7 rings (SSSR count). The maximum atomic E-state index is 15.0. The summed E-state index contributed by atoms with van der Waals surface area (Å²) >= 11 is 3.60. The van der Waals surface area contributed by atoms with E-state index < -0.39 is 41.7 Å². The molecule has 0 aliphatic carbocycles. The monoisotopic (exact) mass is 746 g/mol. The quantitative estimate of drug-likeness (QED) is 0.201. The summed E-state index contributed by atoms with van der Waals surface area (Å²) in [5.74, 6) is -3.64. The van der Waals surface area contributed by atoms with Crippen molar-refractivity contribution in [1.82, 2.24) is 30.1 Å². The highest BCUT2D eigenvalue weighted by atomic mass is 79.9.